The Balaban J connectivity index is 2.02. The van der Waals surface area contributed by atoms with E-state index in [1.54, 1.807) is 63.2 Å². The van der Waals surface area contributed by atoms with Gasteiger partial charge in [0.15, 0.2) is 0 Å². The quantitative estimate of drug-likeness (QED) is 0.548. The van der Waals surface area contributed by atoms with Crippen LogP contribution in [0.5, 0.6) is 0 Å². The van der Waals surface area contributed by atoms with Crippen LogP contribution in [0.2, 0.25) is 10.0 Å². The van der Waals surface area contributed by atoms with Gasteiger partial charge in [0, 0.05) is 5.69 Å². The van der Waals surface area contributed by atoms with Gasteiger partial charge in [-0.15, -0.1) is 0 Å². The molecule has 9 heteroatoms. The molecule has 0 saturated heterocycles. The fourth-order valence-corrected chi connectivity index (χ4v) is 3.40. The molecule has 7 nitrogen and oxygen atoms in total. The highest BCUT2D eigenvalue weighted by Crippen LogP contribution is 2.25. The molecule has 0 spiro atoms. The highest BCUT2D eigenvalue weighted by Gasteiger charge is 2.23. The van der Waals surface area contributed by atoms with Gasteiger partial charge in [-0.1, -0.05) is 41.4 Å². The first kappa shape index (κ1) is 25.6. The van der Waals surface area contributed by atoms with Gasteiger partial charge in [0.05, 0.1) is 29.3 Å². The monoisotopic (exact) mass is 480 g/mol. The zero-order chi connectivity index (χ0) is 23.9. The van der Waals surface area contributed by atoms with Gasteiger partial charge in [0.1, 0.15) is 11.6 Å². The van der Waals surface area contributed by atoms with E-state index in [4.69, 9.17) is 32.7 Å². The molecule has 0 aliphatic carbocycles. The third kappa shape index (κ3) is 7.82. The van der Waals surface area contributed by atoms with E-state index < -0.39 is 29.5 Å². The number of esters is 2. The fraction of sp³-hybridized carbons (Fsp3) is 0.348. The van der Waals surface area contributed by atoms with Crippen molar-refractivity contribution in [3.05, 3.63) is 63.6 Å². The van der Waals surface area contributed by atoms with E-state index in [0.717, 1.165) is 5.56 Å². The summed E-state index contributed by atoms with van der Waals surface area (Å²) in [5, 5.41) is 6.12. The third-order valence-corrected chi connectivity index (χ3v) is 4.87. The second-order valence-corrected chi connectivity index (χ2v) is 8.81. The number of hydrogen-bond acceptors (Lipinski definition) is 6. The van der Waals surface area contributed by atoms with E-state index in [1.165, 1.54) is 7.11 Å². The highest BCUT2D eigenvalue weighted by molar-refractivity contribution is 6.40. The maximum absolute atomic E-state index is 12.5. The lowest BCUT2D eigenvalue weighted by Crippen LogP contribution is -2.43. The smallest absolute Gasteiger partial charge is 0.323 e. The topological polar surface area (TPSA) is 93.7 Å². The van der Waals surface area contributed by atoms with E-state index >= 15 is 0 Å². The third-order valence-electron chi connectivity index (χ3n) is 4.24. The van der Waals surface area contributed by atoms with E-state index in [9.17, 15) is 14.4 Å². The van der Waals surface area contributed by atoms with E-state index in [0.29, 0.717) is 5.69 Å². The van der Waals surface area contributed by atoms with E-state index in [1.807, 2.05) is 0 Å². The zero-order valence-electron chi connectivity index (χ0n) is 18.3. The van der Waals surface area contributed by atoms with Crippen LogP contribution in [0.3, 0.4) is 0 Å². The Hall–Kier alpha value is -2.61. The van der Waals surface area contributed by atoms with Crippen molar-refractivity contribution in [1.82, 2.24) is 5.32 Å². The molecule has 2 N–H and O–H groups in total. The Kier molecular flexibility index (Phi) is 9.07. The molecule has 1 unspecified atom stereocenters. The molecule has 2 aromatic carbocycles. The molecule has 1 atom stereocenters. The second kappa shape index (κ2) is 11.3. The number of methoxy groups -OCH3 is 1. The lowest BCUT2D eigenvalue weighted by atomic mass is 10.1. The Bertz CT molecular complexity index is 951. The first-order chi connectivity index (χ1) is 15.0. The zero-order valence-corrected chi connectivity index (χ0v) is 19.8. The first-order valence-electron chi connectivity index (χ1n) is 9.87. The Morgan fingerprint density at radius 1 is 1.00 bits per heavy atom. The summed E-state index contributed by atoms with van der Waals surface area (Å²) in [6, 6.07) is 11.0. The van der Waals surface area contributed by atoms with Crippen molar-refractivity contribution in [1.29, 1.82) is 0 Å². The minimum absolute atomic E-state index is 0.135. The van der Waals surface area contributed by atoms with Crippen molar-refractivity contribution in [3.8, 4) is 0 Å². The SMILES string of the molecule is COC(=O)C(Cc1ccc(NC(=O)c2c(Cl)cccc2Cl)cc1)NCC(=O)OC(C)(C)C. The predicted octanol–water partition coefficient (Wildman–Crippen LogP) is 4.26. The fourth-order valence-electron chi connectivity index (χ4n) is 2.83. The summed E-state index contributed by atoms with van der Waals surface area (Å²) in [5.74, 6) is -1.40. The molecular weight excluding hydrogens is 455 g/mol. The maximum atomic E-state index is 12.5. The number of anilines is 1. The lowest BCUT2D eigenvalue weighted by Gasteiger charge is -2.21. The molecule has 0 saturated carbocycles. The van der Waals surface area contributed by atoms with Crippen LogP contribution in [-0.2, 0) is 25.5 Å². The summed E-state index contributed by atoms with van der Waals surface area (Å²) < 4.78 is 10.1. The Labute approximate surface area is 197 Å². The summed E-state index contributed by atoms with van der Waals surface area (Å²) in [4.78, 5) is 36.6. The van der Waals surface area contributed by atoms with Crippen LogP contribution in [0.1, 0.15) is 36.7 Å². The van der Waals surface area contributed by atoms with Crippen molar-refractivity contribution in [2.75, 3.05) is 19.0 Å². The maximum Gasteiger partial charge on any atom is 0.323 e. The van der Waals surface area contributed by atoms with E-state index in [2.05, 4.69) is 10.6 Å². The summed E-state index contributed by atoms with van der Waals surface area (Å²) >= 11 is 12.1. The summed E-state index contributed by atoms with van der Waals surface area (Å²) in [7, 11) is 1.28. The summed E-state index contributed by atoms with van der Waals surface area (Å²) in [6.45, 7) is 5.16. The second-order valence-electron chi connectivity index (χ2n) is 7.99. The minimum Gasteiger partial charge on any atom is -0.468 e. The lowest BCUT2D eigenvalue weighted by molar-refractivity contribution is -0.154. The number of carbonyl (C=O) groups is 3. The molecule has 0 radical (unpaired) electrons. The van der Waals surface area contributed by atoms with Crippen molar-refractivity contribution in [3.63, 3.8) is 0 Å². The molecule has 0 fully saturated rings. The normalized spacial score (nSPS) is 12.1. The minimum atomic E-state index is -0.741. The molecule has 0 aromatic heterocycles. The summed E-state index contributed by atoms with van der Waals surface area (Å²) in [5.41, 5.74) is 0.905. The number of benzene rings is 2. The molecule has 2 aromatic rings. The number of ether oxygens (including phenoxy) is 2. The molecule has 0 aliphatic rings. The van der Waals surface area contributed by atoms with Crippen LogP contribution in [-0.4, -0.2) is 43.1 Å². The van der Waals surface area contributed by atoms with E-state index in [-0.39, 0.29) is 28.6 Å². The number of halogens is 2. The van der Waals surface area contributed by atoms with Gasteiger partial charge in [0.2, 0.25) is 0 Å². The average Bonchev–Trinajstić information content (AvgIpc) is 2.70. The standard InChI is InChI=1S/C23H26Cl2N2O5/c1-23(2,3)32-19(28)13-26-18(22(30)31-4)12-14-8-10-15(11-9-14)27-21(29)20-16(24)6-5-7-17(20)25/h5-11,18,26H,12-13H2,1-4H3,(H,27,29). The highest BCUT2D eigenvalue weighted by atomic mass is 35.5. The van der Waals surface area contributed by atoms with Crippen LogP contribution < -0.4 is 10.6 Å². The predicted molar refractivity (Wildman–Crippen MR) is 124 cm³/mol. The largest absolute Gasteiger partial charge is 0.468 e. The number of hydrogen-bond donors (Lipinski definition) is 2. The van der Waals surface area contributed by atoms with Crippen LogP contribution in [0, 0.1) is 0 Å². The number of rotatable bonds is 8. The van der Waals surface area contributed by atoms with Gasteiger partial charge < -0.3 is 14.8 Å². The number of amides is 1. The van der Waals surface area contributed by atoms with Crippen molar-refractivity contribution in [2.45, 2.75) is 38.8 Å². The van der Waals surface area contributed by atoms with Gasteiger partial charge in [0.25, 0.3) is 5.91 Å². The number of carbonyl (C=O) groups excluding carboxylic acids is 3. The van der Waals surface area contributed by atoms with Crippen LogP contribution in [0.15, 0.2) is 42.5 Å². The van der Waals surface area contributed by atoms with Crippen molar-refractivity contribution in [2.24, 2.45) is 0 Å². The van der Waals surface area contributed by atoms with Gasteiger partial charge >= 0.3 is 11.9 Å². The van der Waals surface area contributed by atoms with Gasteiger partial charge in [-0.3, -0.25) is 19.7 Å². The average molecular weight is 481 g/mol. The van der Waals surface area contributed by atoms with Crippen LogP contribution in [0.4, 0.5) is 5.69 Å². The van der Waals surface area contributed by atoms with Gasteiger partial charge in [-0.2, -0.15) is 0 Å². The molecule has 0 aliphatic heterocycles. The molecule has 1 amide bonds. The molecule has 0 heterocycles. The van der Waals surface area contributed by atoms with Gasteiger partial charge in [-0.25, -0.2) is 0 Å². The van der Waals surface area contributed by atoms with Crippen LogP contribution in [0.25, 0.3) is 0 Å². The van der Waals surface area contributed by atoms with Crippen LogP contribution >= 0.6 is 23.2 Å². The molecular formula is C23H26Cl2N2O5. The Morgan fingerprint density at radius 2 is 1.59 bits per heavy atom. The Morgan fingerprint density at radius 3 is 2.12 bits per heavy atom. The molecule has 172 valence electrons. The van der Waals surface area contributed by atoms with Crippen molar-refractivity contribution >= 4 is 46.7 Å². The molecule has 2 rings (SSSR count). The first-order valence-corrected chi connectivity index (χ1v) is 10.6. The number of nitrogens with one attached hydrogen (secondary N) is 2. The summed E-state index contributed by atoms with van der Waals surface area (Å²) in [6.07, 6.45) is 0.278. The van der Waals surface area contributed by atoms with Gasteiger partial charge in [-0.05, 0) is 57.0 Å². The molecule has 0 bridgehead atoms. The van der Waals surface area contributed by atoms with Crippen molar-refractivity contribution < 1.29 is 23.9 Å². The molecule has 32 heavy (non-hydrogen) atoms.